The summed E-state index contributed by atoms with van der Waals surface area (Å²) in [5.74, 6) is 1.21. The Morgan fingerprint density at radius 1 is 1.22 bits per heavy atom. The summed E-state index contributed by atoms with van der Waals surface area (Å²) in [6.07, 6.45) is 2.18. The van der Waals surface area contributed by atoms with Crippen LogP contribution in [0.2, 0.25) is 0 Å². The van der Waals surface area contributed by atoms with Crippen molar-refractivity contribution in [2.24, 2.45) is 0 Å². The second kappa shape index (κ2) is 10.2. The van der Waals surface area contributed by atoms with Crippen LogP contribution in [-0.4, -0.2) is 45.7 Å². The van der Waals surface area contributed by atoms with Crippen molar-refractivity contribution in [1.29, 1.82) is 0 Å². The van der Waals surface area contributed by atoms with Gasteiger partial charge in [-0.05, 0) is 43.3 Å². The number of aromatic nitrogens is 3. The first kappa shape index (κ1) is 24.0. The lowest BCUT2D eigenvalue weighted by atomic mass is 10.1. The highest BCUT2D eigenvalue weighted by Crippen LogP contribution is 2.37. The maximum atomic E-state index is 13.3. The molecule has 6 rings (SSSR count). The Bertz CT molecular complexity index is 1550. The van der Waals surface area contributed by atoms with E-state index in [4.69, 9.17) is 13.9 Å². The largest absolute Gasteiger partial charge is 0.495 e. The first-order chi connectivity index (χ1) is 18.1. The quantitative estimate of drug-likeness (QED) is 0.237. The molecule has 0 spiro atoms. The Labute approximate surface area is 222 Å². The first-order valence-corrected chi connectivity index (χ1v) is 13.9. The number of para-hydroxylation sites is 1. The lowest BCUT2D eigenvalue weighted by Gasteiger charge is -2.17. The van der Waals surface area contributed by atoms with E-state index >= 15 is 0 Å². The third-order valence-corrected chi connectivity index (χ3v) is 8.42. The molecule has 1 aliphatic rings. The maximum absolute atomic E-state index is 13.3. The molecule has 0 bridgehead atoms. The molecule has 1 N–H and O–H groups in total. The summed E-state index contributed by atoms with van der Waals surface area (Å²) in [4.78, 5) is 14.3. The predicted octanol–water partition coefficient (Wildman–Crippen LogP) is 6.21. The minimum absolute atomic E-state index is 0.123. The fourth-order valence-corrected chi connectivity index (χ4v) is 6.16. The van der Waals surface area contributed by atoms with Gasteiger partial charge in [0.2, 0.25) is 5.91 Å². The van der Waals surface area contributed by atoms with E-state index in [9.17, 15) is 4.79 Å². The number of nitrogens with zero attached hydrogens (tertiary/aromatic N) is 3. The SMILES string of the molecule is COc1cc2c(cc1NC(=O)[C@H](C)Sc1nnc(-c3cccs3)n1C[C@@H]1CCCO1)oc1ccccc12. The average Bonchev–Trinajstić information content (AvgIpc) is 3.71. The molecule has 2 atom stereocenters. The molecular formula is C27H26N4O4S2. The number of fused-ring (bicyclic) bond motifs is 3. The van der Waals surface area contributed by atoms with Crippen LogP contribution in [0, 0.1) is 0 Å². The number of hydrogen-bond donors (Lipinski definition) is 1. The molecule has 4 heterocycles. The van der Waals surface area contributed by atoms with Gasteiger partial charge in [0.05, 0.1) is 35.6 Å². The molecule has 0 unspecified atom stereocenters. The number of ether oxygens (including phenoxy) is 2. The number of furan rings is 1. The number of carbonyl (C=O) groups is 1. The van der Waals surface area contributed by atoms with Crippen LogP contribution in [0.25, 0.3) is 32.6 Å². The standard InChI is InChI=1S/C27H26N4O4S2/c1-16(37-27-30-29-25(24-10-6-12-36-24)31(27)15-17-7-5-11-34-17)26(32)28-20-14-22-19(13-23(20)33-2)18-8-3-4-9-21(18)35-22/h3-4,6,8-10,12-14,16-17H,5,7,11,15H2,1-2H3,(H,28,32)/t16-,17-/m0/s1. The molecule has 0 saturated carbocycles. The lowest BCUT2D eigenvalue weighted by Crippen LogP contribution is -2.24. The van der Waals surface area contributed by atoms with Gasteiger partial charge in [-0.1, -0.05) is 36.0 Å². The highest BCUT2D eigenvalue weighted by Gasteiger charge is 2.25. The molecule has 1 aliphatic heterocycles. The summed E-state index contributed by atoms with van der Waals surface area (Å²) in [6, 6.07) is 15.6. The number of amides is 1. The highest BCUT2D eigenvalue weighted by atomic mass is 32.2. The molecule has 1 fully saturated rings. The molecule has 3 aromatic heterocycles. The normalized spacial score (nSPS) is 16.4. The van der Waals surface area contributed by atoms with Gasteiger partial charge < -0.3 is 19.2 Å². The monoisotopic (exact) mass is 534 g/mol. The fourth-order valence-electron chi connectivity index (χ4n) is 4.58. The van der Waals surface area contributed by atoms with Gasteiger partial charge in [0, 0.05) is 23.4 Å². The number of methoxy groups -OCH3 is 1. The highest BCUT2D eigenvalue weighted by molar-refractivity contribution is 8.00. The van der Waals surface area contributed by atoms with Crippen molar-refractivity contribution in [3.63, 3.8) is 0 Å². The Morgan fingerprint density at radius 3 is 2.89 bits per heavy atom. The van der Waals surface area contributed by atoms with Crippen molar-refractivity contribution in [3.8, 4) is 16.5 Å². The molecule has 10 heteroatoms. The smallest absolute Gasteiger partial charge is 0.237 e. The van der Waals surface area contributed by atoms with Gasteiger partial charge in [-0.2, -0.15) is 0 Å². The van der Waals surface area contributed by atoms with Crippen LogP contribution in [0.5, 0.6) is 5.75 Å². The third kappa shape index (κ3) is 4.72. The van der Waals surface area contributed by atoms with Crippen LogP contribution in [0.15, 0.2) is 63.5 Å². The second-order valence-electron chi connectivity index (χ2n) is 8.93. The zero-order valence-corrected chi connectivity index (χ0v) is 22.1. The van der Waals surface area contributed by atoms with E-state index in [-0.39, 0.29) is 12.0 Å². The maximum Gasteiger partial charge on any atom is 0.237 e. The van der Waals surface area contributed by atoms with Crippen molar-refractivity contribution >= 4 is 56.6 Å². The fraction of sp³-hybridized carbons (Fsp3) is 0.296. The number of nitrogens with one attached hydrogen (secondary N) is 1. The van der Waals surface area contributed by atoms with Crippen molar-refractivity contribution < 1.29 is 18.7 Å². The molecule has 37 heavy (non-hydrogen) atoms. The van der Waals surface area contributed by atoms with Crippen LogP contribution < -0.4 is 10.1 Å². The van der Waals surface area contributed by atoms with Crippen LogP contribution in [0.1, 0.15) is 19.8 Å². The van der Waals surface area contributed by atoms with Gasteiger partial charge in [-0.3, -0.25) is 9.36 Å². The van der Waals surface area contributed by atoms with E-state index in [1.54, 1.807) is 18.4 Å². The summed E-state index contributed by atoms with van der Waals surface area (Å²) in [7, 11) is 1.59. The Hall–Kier alpha value is -3.34. The summed E-state index contributed by atoms with van der Waals surface area (Å²) in [5, 5.41) is 16.2. The summed E-state index contributed by atoms with van der Waals surface area (Å²) >= 11 is 3.00. The van der Waals surface area contributed by atoms with E-state index in [1.165, 1.54) is 11.8 Å². The van der Waals surface area contributed by atoms with Gasteiger partial charge in [0.1, 0.15) is 16.9 Å². The molecule has 1 amide bonds. The van der Waals surface area contributed by atoms with Crippen LogP contribution >= 0.6 is 23.1 Å². The van der Waals surface area contributed by atoms with Gasteiger partial charge >= 0.3 is 0 Å². The second-order valence-corrected chi connectivity index (χ2v) is 11.2. The van der Waals surface area contributed by atoms with Crippen molar-refractivity contribution in [2.75, 3.05) is 19.0 Å². The minimum atomic E-state index is -0.431. The number of benzene rings is 2. The minimum Gasteiger partial charge on any atom is -0.495 e. The molecule has 2 aromatic carbocycles. The molecular weight excluding hydrogens is 508 g/mol. The van der Waals surface area contributed by atoms with Crippen LogP contribution in [0.4, 0.5) is 5.69 Å². The van der Waals surface area contributed by atoms with Gasteiger partial charge in [0.25, 0.3) is 0 Å². The molecule has 1 saturated heterocycles. The summed E-state index contributed by atoms with van der Waals surface area (Å²) < 4.78 is 19.6. The van der Waals surface area contributed by atoms with E-state index in [0.717, 1.165) is 46.5 Å². The lowest BCUT2D eigenvalue weighted by molar-refractivity contribution is -0.115. The van der Waals surface area contributed by atoms with Crippen LogP contribution in [0.3, 0.4) is 0 Å². The molecule has 8 nitrogen and oxygen atoms in total. The topological polar surface area (TPSA) is 91.4 Å². The Kier molecular flexibility index (Phi) is 6.62. The number of hydrogen-bond acceptors (Lipinski definition) is 8. The van der Waals surface area contributed by atoms with E-state index in [2.05, 4.69) is 20.1 Å². The van der Waals surface area contributed by atoms with Gasteiger partial charge in [-0.15, -0.1) is 21.5 Å². The Morgan fingerprint density at radius 2 is 2.11 bits per heavy atom. The number of thioether (sulfide) groups is 1. The first-order valence-electron chi connectivity index (χ1n) is 12.2. The van der Waals surface area contributed by atoms with Gasteiger partial charge in [0.15, 0.2) is 11.0 Å². The van der Waals surface area contributed by atoms with Gasteiger partial charge in [-0.25, -0.2) is 0 Å². The Balaban J connectivity index is 1.24. The van der Waals surface area contributed by atoms with Crippen LogP contribution in [-0.2, 0) is 16.1 Å². The van der Waals surface area contributed by atoms with E-state index in [1.807, 2.05) is 60.8 Å². The zero-order valence-electron chi connectivity index (χ0n) is 20.5. The number of rotatable bonds is 8. The number of anilines is 1. The van der Waals surface area contributed by atoms with Crippen molar-refractivity contribution in [1.82, 2.24) is 14.8 Å². The average molecular weight is 535 g/mol. The van der Waals surface area contributed by atoms with E-state index in [0.29, 0.717) is 28.7 Å². The summed E-state index contributed by atoms with van der Waals surface area (Å²) in [6.45, 7) is 3.30. The predicted molar refractivity (Wildman–Crippen MR) is 147 cm³/mol. The summed E-state index contributed by atoms with van der Waals surface area (Å²) in [5.41, 5.74) is 2.04. The molecule has 0 radical (unpaired) electrons. The molecule has 0 aliphatic carbocycles. The number of thiophene rings is 1. The van der Waals surface area contributed by atoms with Crippen molar-refractivity contribution in [3.05, 3.63) is 53.9 Å². The molecule has 190 valence electrons. The molecule has 5 aromatic rings. The third-order valence-electron chi connectivity index (χ3n) is 6.48. The van der Waals surface area contributed by atoms with E-state index < -0.39 is 5.25 Å². The number of carbonyl (C=O) groups excluding carboxylic acids is 1. The van der Waals surface area contributed by atoms with Crippen molar-refractivity contribution in [2.45, 2.75) is 42.8 Å². The zero-order chi connectivity index (χ0) is 25.4.